The second kappa shape index (κ2) is 16.1. The number of hydrogen-bond donors (Lipinski definition) is 2. The zero-order valence-corrected chi connectivity index (χ0v) is 21.4. The van der Waals surface area contributed by atoms with Crippen LogP contribution in [0.5, 0.6) is 11.5 Å². The largest absolute Gasteiger partial charge is 0.487 e. The van der Waals surface area contributed by atoms with Crippen LogP contribution in [0.2, 0.25) is 0 Å². The number of terminal acetylenes is 1. The fraction of sp³-hybridized carbons (Fsp3) is 0.276. The molecule has 39 heavy (non-hydrogen) atoms. The number of benzene rings is 2. The molecule has 200 valence electrons. The highest BCUT2D eigenvalue weighted by atomic mass is 16.5. The predicted octanol–water partition coefficient (Wildman–Crippen LogP) is 2.88. The Morgan fingerprint density at radius 1 is 0.974 bits per heavy atom. The smallest absolute Gasteiger partial charge is 0.329 e. The minimum Gasteiger partial charge on any atom is -0.487 e. The fourth-order valence-corrected chi connectivity index (χ4v) is 3.13. The lowest BCUT2D eigenvalue weighted by Gasteiger charge is -2.15. The van der Waals surface area contributed by atoms with Crippen LogP contribution in [0, 0.1) is 36.0 Å². The zero-order chi connectivity index (χ0) is 27.7. The highest BCUT2D eigenvalue weighted by molar-refractivity contribution is 5.93. The van der Waals surface area contributed by atoms with E-state index < -0.39 is 12.6 Å². The molecule has 0 aliphatic carbocycles. The average Bonchev–Trinajstić information content (AvgIpc) is 2.94. The fourth-order valence-electron chi connectivity index (χ4n) is 3.13. The minimum atomic E-state index is -1.05. The van der Waals surface area contributed by atoms with Crippen LogP contribution in [0.25, 0.3) is 10.9 Å². The molecule has 0 aliphatic rings. The summed E-state index contributed by atoms with van der Waals surface area (Å²) in [7, 11) is 1.60. The topological polar surface area (TPSA) is 121 Å². The first kappa shape index (κ1) is 28.8. The monoisotopic (exact) mass is 529 g/mol. The van der Waals surface area contributed by atoms with Crippen molar-refractivity contribution in [3.8, 4) is 47.5 Å². The maximum Gasteiger partial charge on any atom is 0.329 e. The van der Waals surface area contributed by atoms with E-state index >= 15 is 0 Å². The third-order valence-corrected chi connectivity index (χ3v) is 4.84. The van der Waals surface area contributed by atoms with Gasteiger partial charge in [-0.25, -0.2) is 14.8 Å². The first-order valence-electron chi connectivity index (χ1n) is 11.8. The summed E-state index contributed by atoms with van der Waals surface area (Å²) in [5.74, 6) is 13.7. The highest BCUT2D eigenvalue weighted by Crippen LogP contribution is 2.35. The van der Waals surface area contributed by atoms with Gasteiger partial charge >= 0.3 is 5.97 Å². The van der Waals surface area contributed by atoms with Crippen molar-refractivity contribution in [2.75, 3.05) is 58.7 Å². The van der Waals surface area contributed by atoms with Gasteiger partial charge in [0.1, 0.15) is 45.2 Å². The van der Waals surface area contributed by atoms with Gasteiger partial charge in [0, 0.05) is 29.8 Å². The van der Waals surface area contributed by atoms with Crippen molar-refractivity contribution >= 4 is 28.4 Å². The lowest BCUT2D eigenvalue weighted by atomic mass is 10.2. The molecular weight excluding hydrogens is 502 g/mol. The van der Waals surface area contributed by atoms with Crippen LogP contribution in [-0.2, 0) is 19.0 Å². The van der Waals surface area contributed by atoms with Gasteiger partial charge in [-0.2, -0.15) is 0 Å². The lowest BCUT2D eigenvalue weighted by Crippen LogP contribution is -2.10. The summed E-state index contributed by atoms with van der Waals surface area (Å²) in [6, 6.07) is 11.1. The van der Waals surface area contributed by atoms with Crippen molar-refractivity contribution in [3.63, 3.8) is 0 Å². The molecule has 3 aromatic rings. The number of carbonyl (C=O) groups is 1. The van der Waals surface area contributed by atoms with Crippen LogP contribution < -0.4 is 14.8 Å². The normalized spacial score (nSPS) is 9.95. The Balaban J connectivity index is 1.64. The number of ether oxygens (including phenoxy) is 5. The molecule has 0 atom stereocenters. The molecule has 2 N–H and O–H groups in total. The molecule has 0 spiro atoms. The number of carboxylic acids is 1. The minimum absolute atomic E-state index is 0.00418. The third-order valence-electron chi connectivity index (χ3n) is 4.84. The molecule has 3 rings (SSSR count). The van der Waals surface area contributed by atoms with Crippen LogP contribution in [0.3, 0.4) is 0 Å². The zero-order valence-electron chi connectivity index (χ0n) is 21.4. The van der Waals surface area contributed by atoms with Crippen molar-refractivity contribution in [3.05, 3.63) is 48.3 Å². The van der Waals surface area contributed by atoms with E-state index in [0.29, 0.717) is 36.0 Å². The molecule has 0 radical (unpaired) electrons. The number of anilines is 2. The number of aromatic nitrogens is 2. The van der Waals surface area contributed by atoms with E-state index in [-0.39, 0.29) is 26.4 Å². The van der Waals surface area contributed by atoms with Gasteiger partial charge in [0.05, 0.1) is 18.7 Å². The van der Waals surface area contributed by atoms with E-state index in [4.69, 9.17) is 35.2 Å². The molecule has 0 aliphatic heterocycles. The van der Waals surface area contributed by atoms with Crippen molar-refractivity contribution in [1.29, 1.82) is 0 Å². The summed E-state index contributed by atoms with van der Waals surface area (Å²) in [4.78, 5) is 19.1. The van der Waals surface area contributed by atoms with Gasteiger partial charge in [-0.1, -0.05) is 23.8 Å². The van der Waals surface area contributed by atoms with Crippen LogP contribution in [-0.4, -0.2) is 74.4 Å². The molecule has 0 bridgehead atoms. The molecule has 10 heteroatoms. The molecule has 0 saturated heterocycles. The Hall–Kier alpha value is -4.79. The second-order valence-corrected chi connectivity index (χ2v) is 7.62. The molecule has 1 aromatic heterocycles. The van der Waals surface area contributed by atoms with E-state index in [9.17, 15) is 4.79 Å². The quantitative estimate of drug-likeness (QED) is 0.238. The van der Waals surface area contributed by atoms with Crippen molar-refractivity contribution in [1.82, 2.24) is 9.97 Å². The van der Waals surface area contributed by atoms with E-state index in [2.05, 4.69) is 44.9 Å². The molecule has 0 saturated carbocycles. The number of nitrogens with zero attached hydrogens (tertiary/aromatic N) is 2. The van der Waals surface area contributed by atoms with E-state index in [1.165, 1.54) is 6.33 Å². The molecule has 0 fully saturated rings. The Kier molecular flexibility index (Phi) is 11.9. The molecule has 2 aromatic carbocycles. The van der Waals surface area contributed by atoms with Gasteiger partial charge in [-0.05, 0) is 36.1 Å². The first-order valence-corrected chi connectivity index (χ1v) is 11.8. The lowest BCUT2D eigenvalue weighted by molar-refractivity contribution is -0.141. The maximum absolute atomic E-state index is 10.3. The number of nitrogens with one attached hydrogen (secondary N) is 1. The molecule has 0 unspecified atom stereocenters. The Bertz CT molecular complexity index is 1430. The number of hydrogen-bond acceptors (Lipinski definition) is 9. The standard InChI is InChI=1S/C29H27N3O7/c1-3-22-9-8-10-23(17-22)32-29-24-18-26(27(38-15-13-35-2)19-25(24)30-21-31-29)39-16-14-36-11-6-4-5-7-12-37-20-28(33)34/h1,8-10,17-19,21H,11-16,20H2,2H3,(H,33,34)(H,30,31,32). The van der Waals surface area contributed by atoms with Crippen molar-refractivity contribution in [2.45, 2.75) is 0 Å². The van der Waals surface area contributed by atoms with Crippen molar-refractivity contribution < 1.29 is 33.6 Å². The number of methoxy groups -OCH3 is 1. The van der Waals surface area contributed by atoms with E-state index in [1.807, 2.05) is 30.3 Å². The predicted molar refractivity (Wildman–Crippen MR) is 145 cm³/mol. The van der Waals surface area contributed by atoms with Gasteiger partial charge in [0.2, 0.25) is 0 Å². The third kappa shape index (κ3) is 9.88. The second-order valence-electron chi connectivity index (χ2n) is 7.62. The summed E-state index contributed by atoms with van der Waals surface area (Å²) in [5, 5.41) is 12.5. The SMILES string of the molecule is C#Cc1cccc(Nc2ncnc3cc(OCCOC)c(OCCOCC#CC#CCOCC(=O)O)cc23)c1. The van der Waals surface area contributed by atoms with Crippen LogP contribution >= 0.6 is 0 Å². The van der Waals surface area contributed by atoms with Crippen molar-refractivity contribution in [2.24, 2.45) is 0 Å². The van der Waals surface area contributed by atoms with Gasteiger partial charge in [0.25, 0.3) is 0 Å². The summed E-state index contributed by atoms with van der Waals surface area (Å²) >= 11 is 0. The Morgan fingerprint density at radius 2 is 1.72 bits per heavy atom. The first-order chi connectivity index (χ1) is 19.1. The molecule has 10 nitrogen and oxygen atoms in total. The highest BCUT2D eigenvalue weighted by Gasteiger charge is 2.13. The summed E-state index contributed by atoms with van der Waals surface area (Å²) in [6.07, 6.45) is 6.99. The Labute approximate surface area is 226 Å². The van der Waals surface area contributed by atoms with E-state index in [0.717, 1.165) is 16.6 Å². The summed E-state index contributed by atoms with van der Waals surface area (Å²) in [6.45, 7) is 1.01. The Morgan fingerprint density at radius 3 is 2.46 bits per heavy atom. The van der Waals surface area contributed by atoms with Gasteiger partial charge < -0.3 is 34.1 Å². The van der Waals surface area contributed by atoms with Crippen LogP contribution in [0.15, 0.2) is 42.7 Å². The van der Waals surface area contributed by atoms with Crippen LogP contribution in [0.1, 0.15) is 5.56 Å². The summed E-state index contributed by atoms with van der Waals surface area (Å²) < 4.78 is 27.2. The maximum atomic E-state index is 10.3. The van der Waals surface area contributed by atoms with Gasteiger partial charge in [-0.3, -0.25) is 0 Å². The average molecular weight is 530 g/mol. The van der Waals surface area contributed by atoms with Crippen LogP contribution in [0.4, 0.5) is 11.5 Å². The molecule has 1 heterocycles. The number of carboxylic acid groups (broad SMARTS) is 1. The van der Waals surface area contributed by atoms with Gasteiger partial charge in [0.15, 0.2) is 11.5 Å². The number of aliphatic carboxylic acids is 1. The van der Waals surface area contributed by atoms with Gasteiger partial charge in [-0.15, -0.1) is 6.42 Å². The van der Waals surface area contributed by atoms with E-state index in [1.54, 1.807) is 13.2 Å². The number of rotatable bonds is 14. The number of fused-ring (bicyclic) bond motifs is 1. The molecule has 0 amide bonds. The molecular formula is C29H27N3O7. The summed E-state index contributed by atoms with van der Waals surface area (Å²) in [5.41, 5.74) is 2.21.